The van der Waals surface area contributed by atoms with E-state index in [2.05, 4.69) is 28.1 Å². The molecule has 0 fully saturated rings. The number of nitrogens with one attached hydrogen (secondary N) is 4. The molecule has 5 nitrogen and oxygen atoms in total. The summed E-state index contributed by atoms with van der Waals surface area (Å²) in [5, 5.41) is 18.5. The van der Waals surface area contributed by atoms with Crippen molar-refractivity contribution < 1.29 is 0 Å². The van der Waals surface area contributed by atoms with Crippen molar-refractivity contribution in [2.75, 3.05) is 18.9 Å². The Hall–Kier alpha value is -2.92. The van der Waals surface area contributed by atoms with E-state index < -0.39 is 0 Å². The topological polar surface area (TPSA) is 86.0 Å². The van der Waals surface area contributed by atoms with Gasteiger partial charge in [0.25, 0.3) is 0 Å². The van der Waals surface area contributed by atoms with E-state index in [9.17, 15) is 0 Å². The quantitative estimate of drug-likeness (QED) is 0.487. The highest BCUT2D eigenvalue weighted by atomic mass is 35.5. The van der Waals surface area contributed by atoms with Gasteiger partial charge in [0.05, 0.1) is 11.7 Å². The molecule has 1 atom stereocenters. The zero-order valence-corrected chi connectivity index (χ0v) is 16.9. The Balaban J connectivity index is 2.10. The minimum absolute atomic E-state index is 0.0827. The second kappa shape index (κ2) is 8.85. The summed E-state index contributed by atoms with van der Waals surface area (Å²) in [6, 6.07) is 14.1. The van der Waals surface area contributed by atoms with Crippen LogP contribution in [0.1, 0.15) is 36.1 Å². The second-order valence-corrected chi connectivity index (χ2v) is 7.25. The van der Waals surface area contributed by atoms with Crippen LogP contribution in [0.3, 0.4) is 0 Å². The highest BCUT2D eigenvalue weighted by Crippen LogP contribution is 2.34. The summed E-state index contributed by atoms with van der Waals surface area (Å²) in [5.74, 6) is 0. The molecule has 0 saturated carbocycles. The molecule has 28 heavy (non-hydrogen) atoms. The highest BCUT2D eigenvalue weighted by Gasteiger charge is 2.23. The molecule has 3 rings (SSSR count). The van der Waals surface area contributed by atoms with Crippen LogP contribution >= 0.6 is 11.6 Å². The van der Waals surface area contributed by atoms with E-state index in [0.29, 0.717) is 5.02 Å². The lowest BCUT2D eigenvalue weighted by Crippen LogP contribution is -2.16. The molecule has 2 aromatic rings. The summed E-state index contributed by atoms with van der Waals surface area (Å²) in [6.45, 7) is 2.71. The van der Waals surface area contributed by atoms with Crippen LogP contribution in [0.4, 0.5) is 5.69 Å². The van der Waals surface area contributed by atoms with Gasteiger partial charge in [-0.15, -0.1) is 0 Å². The zero-order valence-electron chi connectivity index (χ0n) is 16.1. The molecule has 0 amide bonds. The number of nitrogens with two attached hydrogens (primary N) is 1. The van der Waals surface area contributed by atoms with Gasteiger partial charge in [-0.2, -0.15) is 0 Å². The van der Waals surface area contributed by atoms with Crippen LogP contribution in [0.2, 0.25) is 5.02 Å². The Morgan fingerprint density at radius 1 is 1.29 bits per heavy atom. The molecular formula is C22H26ClN5. The predicted octanol–water partition coefficient (Wildman–Crippen LogP) is 4.34. The standard InChI is InChI=1S/C22H26ClN5/c1-14(25)22-19-7-6-15(16(12-24)13-26-2)10-20(19)21(8-9-27-22)28-18-5-3-4-17(23)11-18/h3-7,10-13,21,24,26-28H,8-9,25H2,1-2H3/b16-13+,22-14-,24-12?. The number of hydrogen-bond donors (Lipinski definition) is 5. The van der Waals surface area contributed by atoms with Gasteiger partial charge in [-0.3, -0.25) is 0 Å². The monoisotopic (exact) mass is 395 g/mol. The molecular weight excluding hydrogens is 370 g/mol. The number of anilines is 1. The number of rotatable bonds is 5. The maximum absolute atomic E-state index is 7.74. The molecule has 0 radical (unpaired) electrons. The van der Waals surface area contributed by atoms with Gasteiger partial charge >= 0.3 is 0 Å². The summed E-state index contributed by atoms with van der Waals surface area (Å²) < 4.78 is 0. The maximum Gasteiger partial charge on any atom is 0.0605 e. The van der Waals surface area contributed by atoms with Crippen LogP contribution in [-0.2, 0) is 0 Å². The van der Waals surface area contributed by atoms with Gasteiger partial charge in [0.2, 0.25) is 0 Å². The lowest BCUT2D eigenvalue weighted by molar-refractivity contribution is 0.682. The van der Waals surface area contributed by atoms with E-state index in [1.54, 1.807) is 0 Å². The largest absolute Gasteiger partial charge is 0.401 e. The van der Waals surface area contributed by atoms with E-state index in [4.69, 9.17) is 22.7 Å². The number of allylic oxidation sites excluding steroid dienone is 2. The molecule has 0 aliphatic carbocycles. The Morgan fingerprint density at radius 2 is 2.11 bits per heavy atom. The van der Waals surface area contributed by atoms with Gasteiger partial charge in [0, 0.05) is 53.6 Å². The average molecular weight is 396 g/mol. The first kappa shape index (κ1) is 19.8. The molecule has 1 heterocycles. The Bertz CT molecular complexity index is 928. The van der Waals surface area contributed by atoms with Crippen molar-refractivity contribution in [3.8, 4) is 0 Å². The van der Waals surface area contributed by atoms with Gasteiger partial charge in [-0.1, -0.05) is 29.8 Å². The van der Waals surface area contributed by atoms with Crippen LogP contribution in [0.15, 0.2) is 54.4 Å². The van der Waals surface area contributed by atoms with Crippen molar-refractivity contribution in [2.45, 2.75) is 19.4 Å². The van der Waals surface area contributed by atoms with Gasteiger partial charge in [-0.25, -0.2) is 0 Å². The summed E-state index contributed by atoms with van der Waals surface area (Å²) in [4.78, 5) is 0. The summed E-state index contributed by atoms with van der Waals surface area (Å²) in [7, 11) is 1.83. The van der Waals surface area contributed by atoms with Crippen molar-refractivity contribution in [1.82, 2.24) is 10.6 Å². The Kier molecular flexibility index (Phi) is 6.26. The second-order valence-electron chi connectivity index (χ2n) is 6.82. The molecule has 1 aliphatic rings. The molecule has 2 aromatic carbocycles. The lowest BCUT2D eigenvalue weighted by Gasteiger charge is -2.22. The molecule has 1 unspecified atom stereocenters. The van der Waals surface area contributed by atoms with Gasteiger partial charge in [0.15, 0.2) is 0 Å². The molecule has 0 saturated heterocycles. The number of halogens is 1. The van der Waals surface area contributed by atoms with E-state index >= 15 is 0 Å². The summed E-state index contributed by atoms with van der Waals surface area (Å²) in [5.41, 5.74) is 12.9. The third-order valence-electron chi connectivity index (χ3n) is 4.78. The normalized spacial score (nSPS) is 18.4. The van der Waals surface area contributed by atoms with E-state index in [1.165, 1.54) is 6.21 Å². The fraction of sp³-hybridized carbons (Fsp3) is 0.227. The Morgan fingerprint density at radius 3 is 2.79 bits per heavy atom. The third kappa shape index (κ3) is 4.31. The minimum Gasteiger partial charge on any atom is -0.401 e. The number of benzene rings is 2. The SMILES string of the molecule is CN/C=C(\C=N)c1ccc2c(c1)C(Nc1cccc(Cl)c1)CCN/C2=C(/C)N. The van der Waals surface area contributed by atoms with E-state index in [0.717, 1.165) is 52.3 Å². The third-order valence-corrected chi connectivity index (χ3v) is 5.01. The van der Waals surface area contributed by atoms with Gasteiger partial charge in [0.1, 0.15) is 0 Å². The fourth-order valence-corrected chi connectivity index (χ4v) is 3.69. The van der Waals surface area contributed by atoms with Crippen LogP contribution < -0.4 is 21.7 Å². The van der Waals surface area contributed by atoms with Crippen LogP contribution in [-0.4, -0.2) is 19.8 Å². The van der Waals surface area contributed by atoms with Crippen LogP contribution in [0, 0.1) is 5.41 Å². The molecule has 146 valence electrons. The average Bonchev–Trinajstić information content (AvgIpc) is 2.85. The minimum atomic E-state index is 0.0827. The first-order valence-electron chi connectivity index (χ1n) is 9.28. The zero-order chi connectivity index (χ0) is 20.1. The van der Waals surface area contributed by atoms with E-state index in [-0.39, 0.29) is 6.04 Å². The van der Waals surface area contributed by atoms with Crippen LogP contribution in [0.5, 0.6) is 0 Å². The summed E-state index contributed by atoms with van der Waals surface area (Å²) in [6.07, 6.45) is 4.07. The highest BCUT2D eigenvalue weighted by molar-refractivity contribution is 6.30. The maximum atomic E-state index is 7.74. The molecule has 6 heteroatoms. The number of fused-ring (bicyclic) bond motifs is 1. The van der Waals surface area contributed by atoms with Crippen molar-refractivity contribution >= 4 is 34.8 Å². The lowest BCUT2D eigenvalue weighted by atomic mass is 9.92. The van der Waals surface area contributed by atoms with Crippen molar-refractivity contribution in [3.63, 3.8) is 0 Å². The molecule has 0 aromatic heterocycles. The fourth-order valence-electron chi connectivity index (χ4n) is 3.50. The number of hydrogen-bond acceptors (Lipinski definition) is 5. The van der Waals surface area contributed by atoms with Crippen molar-refractivity contribution in [3.05, 3.63) is 76.1 Å². The van der Waals surface area contributed by atoms with Gasteiger partial charge < -0.3 is 27.1 Å². The first-order valence-corrected chi connectivity index (χ1v) is 9.66. The molecule has 1 aliphatic heterocycles. The summed E-state index contributed by atoms with van der Waals surface area (Å²) >= 11 is 6.16. The molecule has 6 N–H and O–H groups in total. The molecule has 0 spiro atoms. The predicted molar refractivity (Wildman–Crippen MR) is 119 cm³/mol. The van der Waals surface area contributed by atoms with Crippen LogP contribution in [0.25, 0.3) is 11.3 Å². The van der Waals surface area contributed by atoms with Crippen molar-refractivity contribution in [2.24, 2.45) is 5.73 Å². The van der Waals surface area contributed by atoms with Crippen molar-refractivity contribution in [1.29, 1.82) is 5.41 Å². The van der Waals surface area contributed by atoms with E-state index in [1.807, 2.05) is 50.5 Å². The first-order chi connectivity index (χ1) is 13.5. The Labute approximate surface area is 171 Å². The smallest absolute Gasteiger partial charge is 0.0605 e. The molecule has 0 bridgehead atoms. The van der Waals surface area contributed by atoms with Gasteiger partial charge in [-0.05, 0) is 48.7 Å².